The summed E-state index contributed by atoms with van der Waals surface area (Å²) in [5, 5.41) is 7.68. The number of aromatic amines is 1. The SMILES string of the molecule is c1ccc2c(c1)CC(c1n[nH]c(C3CCCC3)n1)C2. The van der Waals surface area contributed by atoms with Gasteiger partial charge < -0.3 is 0 Å². The van der Waals surface area contributed by atoms with Crippen molar-refractivity contribution in [3.63, 3.8) is 0 Å². The van der Waals surface area contributed by atoms with Crippen LogP contribution in [0.1, 0.15) is 60.3 Å². The molecule has 0 radical (unpaired) electrons. The molecule has 1 saturated carbocycles. The van der Waals surface area contributed by atoms with Gasteiger partial charge in [-0.2, -0.15) is 5.10 Å². The molecule has 1 heterocycles. The van der Waals surface area contributed by atoms with Crippen molar-refractivity contribution in [2.75, 3.05) is 0 Å². The van der Waals surface area contributed by atoms with Crippen LogP contribution in [-0.4, -0.2) is 15.2 Å². The van der Waals surface area contributed by atoms with Gasteiger partial charge >= 0.3 is 0 Å². The summed E-state index contributed by atoms with van der Waals surface area (Å²) in [6.07, 6.45) is 7.43. The lowest BCUT2D eigenvalue weighted by atomic mass is 10.1. The molecule has 0 aliphatic heterocycles. The maximum atomic E-state index is 4.79. The third kappa shape index (κ3) is 1.97. The molecular formula is C16H19N3. The number of H-pyrrole nitrogens is 1. The Morgan fingerprint density at radius 2 is 1.63 bits per heavy atom. The summed E-state index contributed by atoms with van der Waals surface area (Å²) in [4.78, 5) is 4.79. The Labute approximate surface area is 113 Å². The Balaban J connectivity index is 1.55. The van der Waals surface area contributed by atoms with Crippen LogP contribution in [0.2, 0.25) is 0 Å². The summed E-state index contributed by atoms with van der Waals surface area (Å²) < 4.78 is 0. The van der Waals surface area contributed by atoms with Crippen molar-refractivity contribution < 1.29 is 0 Å². The Morgan fingerprint density at radius 1 is 0.947 bits per heavy atom. The molecule has 98 valence electrons. The second-order valence-electron chi connectivity index (χ2n) is 5.93. The second kappa shape index (κ2) is 4.48. The van der Waals surface area contributed by atoms with Gasteiger partial charge in [0.1, 0.15) is 5.82 Å². The van der Waals surface area contributed by atoms with Gasteiger partial charge in [0.15, 0.2) is 5.82 Å². The molecule has 1 N–H and O–H groups in total. The lowest BCUT2D eigenvalue weighted by Gasteiger charge is -2.04. The minimum absolute atomic E-state index is 0.476. The molecule has 1 fully saturated rings. The number of nitrogens with zero attached hydrogens (tertiary/aromatic N) is 2. The smallest absolute Gasteiger partial charge is 0.154 e. The van der Waals surface area contributed by atoms with Gasteiger partial charge in [-0.15, -0.1) is 0 Å². The molecule has 3 heteroatoms. The Hall–Kier alpha value is -1.64. The van der Waals surface area contributed by atoms with Gasteiger partial charge in [-0.3, -0.25) is 5.10 Å². The molecule has 1 aromatic heterocycles. The van der Waals surface area contributed by atoms with E-state index in [9.17, 15) is 0 Å². The van der Waals surface area contributed by atoms with Crippen LogP contribution in [0.4, 0.5) is 0 Å². The number of aromatic nitrogens is 3. The zero-order valence-corrected chi connectivity index (χ0v) is 11.1. The van der Waals surface area contributed by atoms with E-state index in [1.54, 1.807) is 0 Å². The van der Waals surface area contributed by atoms with E-state index in [1.807, 2.05) is 0 Å². The molecule has 0 unspecified atom stereocenters. The van der Waals surface area contributed by atoms with Crippen molar-refractivity contribution in [2.24, 2.45) is 0 Å². The van der Waals surface area contributed by atoms with Crippen molar-refractivity contribution in [1.29, 1.82) is 0 Å². The first-order chi connectivity index (χ1) is 9.40. The first kappa shape index (κ1) is 11.2. The second-order valence-corrected chi connectivity index (χ2v) is 5.93. The van der Waals surface area contributed by atoms with Gasteiger partial charge in [0.25, 0.3) is 0 Å². The van der Waals surface area contributed by atoms with E-state index >= 15 is 0 Å². The van der Waals surface area contributed by atoms with Crippen LogP contribution in [0.3, 0.4) is 0 Å². The molecule has 0 atom stereocenters. The average molecular weight is 253 g/mol. The molecule has 0 bridgehead atoms. The predicted molar refractivity (Wildman–Crippen MR) is 74.2 cm³/mol. The van der Waals surface area contributed by atoms with E-state index in [-0.39, 0.29) is 0 Å². The lowest BCUT2D eigenvalue weighted by molar-refractivity contribution is 0.664. The molecule has 1 aromatic carbocycles. The molecule has 19 heavy (non-hydrogen) atoms. The third-order valence-electron chi connectivity index (χ3n) is 4.68. The molecule has 0 spiro atoms. The fourth-order valence-electron chi connectivity index (χ4n) is 3.59. The van der Waals surface area contributed by atoms with E-state index in [0.717, 1.165) is 24.5 Å². The minimum atomic E-state index is 0.476. The number of benzene rings is 1. The van der Waals surface area contributed by atoms with E-state index in [4.69, 9.17) is 4.98 Å². The van der Waals surface area contributed by atoms with Crippen molar-refractivity contribution in [3.05, 3.63) is 47.0 Å². The third-order valence-corrected chi connectivity index (χ3v) is 4.68. The summed E-state index contributed by atoms with van der Waals surface area (Å²) in [5.41, 5.74) is 2.94. The first-order valence-corrected chi connectivity index (χ1v) is 7.39. The lowest BCUT2D eigenvalue weighted by Crippen LogP contribution is -2.01. The van der Waals surface area contributed by atoms with Crippen LogP contribution < -0.4 is 0 Å². The predicted octanol–water partition coefficient (Wildman–Crippen LogP) is 3.34. The highest BCUT2D eigenvalue weighted by molar-refractivity contribution is 5.35. The van der Waals surface area contributed by atoms with Crippen LogP contribution in [0.5, 0.6) is 0 Å². The summed E-state index contributed by atoms with van der Waals surface area (Å²) in [6, 6.07) is 8.73. The number of hydrogen-bond acceptors (Lipinski definition) is 2. The van der Waals surface area contributed by atoms with Crippen LogP contribution in [0.15, 0.2) is 24.3 Å². The van der Waals surface area contributed by atoms with Crippen LogP contribution in [0.25, 0.3) is 0 Å². The summed E-state index contributed by atoms with van der Waals surface area (Å²) >= 11 is 0. The van der Waals surface area contributed by atoms with E-state index < -0.39 is 0 Å². The molecule has 4 rings (SSSR count). The largest absolute Gasteiger partial charge is 0.263 e. The highest BCUT2D eigenvalue weighted by Crippen LogP contribution is 2.35. The molecule has 2 aromatic rings. The van der Waals surface area contributed by atoms with Crippen LogP contribution in [0, 0.1) is 0 Å². The number of rotatable bonds is 2. The molecule has 0 saturated heterocycles. The normalized spacial score (nSPS) is 20.0. The Kier molecular flexibility index (Phi) is 2.64. The number of fused-ring (bicyclic) bond motifs is 1. The monoisotopic (exact) mass is 253 g/mol. The van der Waals surface area contributed by atoms with Crippen LogP contribution in [-0.2, 0) is 12.8 Å². The number of nitrogens with one attached hydrogen (secondary N) is 1. The average Bonchev–Trinajstić information content (AvgIpc) is 3.17. The van der Waals surface area contributed by atoms with Crippen molar-refractivity contribution in [3.8, 4) is 0 Å². The van der Waals surface area contributed by atoms with Crippen molar-refractivity contribution in [1.82, 2.24) is 15.2 Å². The number of hydrogen-bond donors (Lipinski definition) is 1. The Bertz CT molecular complexity index is 556. The molecule has 2 aliphatic carbocycles. The van der Waals surface area contributed by atoms with E-state index in [1.165, 1.54) is 36.8 Å². The summed E-state index contributed by atoms with van der Waals surface area (Å²) in [7, 11) is 0. The van der Waals surface area contributed by atoms with Gasteiger partial charge in [-0.25, -0.2) is 4.98 Å². The summed E-state index contributed by atoms with van der Waals surface area (Å²) in [5.74, 6) is 3.26. The summed E-state index contributed by atoms with van der Waals surface area (Å²) in [6.45, 7) is 0. The van der Waals surface area contributed by atoms with E-state index in [0.29, 0.717) is 11.8 Å². The highest BCUT2D eigenvalue weighted by Gasteiger charge is 2.27. The molecule has 3 nitrogen and oxygen atoms in total. The topological polar surface area (TPSA) is 41.6 Å². The van der Waals surface area contributed by atoms with Gasteiger partial charge in [0.05, 0.1) is 0 Å². The zero-order chi connectivity index (χ0) is 12.7. The maximum absolute atomic E-state index is 4.79. The zero-order valence-electron chi connectivity index (χ0n) is 11.1. The fraction of sp³-hybridized carbons (Fsp3) is 0.500. The van der Waals surface area contributed by atoms with Crippen molar-refractivity contribution >= 4 is 0 Å². The molecule has 0 amide bonds. The van der Waals surface area contributed by atoms with Crippen molar-refractivity contribution in [2.45, 2.75) is 50.4 Å². The van der Waals surface area contributed by atoms with Gasteiger partial charge in [0, 0.05) is 11.8 Å². The first-order valence-electron chi connectivity index (χ1n) is 7.39. The van der Waals surface area contributed by atoms with Gasteiger partial charge in [-0.05, 0) is 36.8 Å². The molecular weight excluding hydrogens is 234 g/mol. The van der Waals surface area contributed by atoms with Gasteiger partial charge in [0.2, 0.25) is 0 Å². The fourth-order valence-corrected chi connectivity index (χ4v) is 3.59. The minimum Gasteiger partial charge on any atom is -0.263 e. The quantitative estimate of drug-likeness (QED) is 0.891. The maximum Gasteiger partial charge on any atom is 0.154 e. The Morgan fingerprint density at radius 3 is 2.32 bits per heavy atom. The van der Waals surface area contributed by atoms with Crippen LogP contribution >= 0.6 is 0 Å². The van der Waals surface area contributed by atoms with E-state index in [2.05, 4.69) is 34.5 Å². The standard InChI is InChI=1S/C16H19N3/c1-2-6-11(5-1)15-17-16(19-18-15)14-9-12-7-3-4-8-13(12)10-14/h3-4,7-8,11,14H,1-2,5-6,9-10H2,(H,17,18,19). The van der Waals surface area contributed by atoms with Gasteiger partial charge in [-0.1, -0.05) is 37.1 Å². The molecule has 2 aliphatic rings. The highest BCUT2D eigenvalue weighted by atomic mass is 15.2.